The number of H-pyrrole nitrogens is 1. The molecule has 3 rings (SSSR count). The largest absolute Gasteiger partial charge is 0.306 e. The van der Waals surface area contributed by atoms with Crippen LogP contribution in [0.4, 0.5) is 0 Å². The van der Waals surface area contributed by atoms with Crippen molar-refractivity contribution in [2.75, 3.05) is 0 Å². The molecule has 0 amide bonds. The minimum atomic E-state index is -0.154. The van der Waals surface area contributed by atoms with Gasteiger partial charge in [0.15, 0.2) is 0 Å². The van der Waals surface area contributed by atoms with Gasteiger partial charge in [-0.25, -0.2) is 4.98 Å². The summed E-state index contributed by atoms with van der Waals surface area (Å²) in [5, 5.41) is 0. The van der Waals surface area contributed by atoms with E-state index in [2.05, 4.69) is 25.9 Å². The molecular weight excluding hydrogens is 352 g/mol. The molecular formula is C19H19BrN2O. The van der Waals surface area contributed by atoms with E-state index >= 15 is 0 Å². The molecule has 0 bridgehead atoms. The number of nitrogens with one attached hydrogen (secondary N) is 1. The van der Waals surface area contributed by atoms with Gasteiger partial charge in [-0.1, -0.05) is 66.2 Å². The first-order valence-electron chi connectivity index (χ1n) is 7.57. The van der Waals surface area contributed by atoms with Crippen molar-refractivity contribution in [1.29, 1.82) is 0 Å². The number of benzene rings is 2. The Balaban J connectivity index is 0.000000924. The van der Waals surface area contributed by atoms with Gasteiger partial charge in [0.05, 0.1) is 5.69 Å². The first kappa shape index (κ1) is 17.2. The maximum atomic E-state index is 11.9. The molecule has 118 valence electrons. The SMILES string of the molecule is CC.Cc1ccccc1-c1nc(-c2cccc(Br)c2)cc(=O)[nH]1. The third-order valence-corrected chi connectivity index (χ3v) is 3.76. The molecule has 0 saturated carbocycles. The molecule has 0 saturated heterocycles. The Bertz CT molecular complexity index is 856. The summed E-state index contributed by atoms with van der Waals surface area (Å²) >= 11 is 3.44. The van der Waals surface area contributed by atoms with Gasteiger partial charge in [-0.15, -0.1) is 0 Å². The Kier molecular flexibility index (Phi) is 5.88. The van der Waals surface area contributed by atoms with Gasteiger partial charge in [-0.3, -0.25) is 4.79 Å². The van der Waals surface area contributed by atoms with Crippen LogP contribution in [0.2, 0.25) is 0 Å². The van der Waals surface area contributed by atoms with Crippen LogP contribution in [0.3, 0.4) is 0 Å². The molecule has 1 N–H and O–H groups in total. The van der Waals surface area contributed by atoms with Crippen molar-refractivity contribution < 1.29 is 0 Å². The lowest BCUT2D eigenvalue weighted by atomic mass is 10.1. The van der Waals surface area contributed by atoms with E-state index in [1.54, 1.807) is 0 Å². The highest BCUT2D eigenvalue weighted by Gasteiger charge is 2.08. The zero-order valence-corrected chi connectivity index (χ0v) is 15.0. The topological polar surface area (TPSA) is 45.8 Å². The molecule has 2 aromatic carbocycles. The first-order valence-corrected chi connectivity index (χ1v) is 8.36. The Labute approximate surface area is 144 Å². The van der Waals surface area contributed by atoms with E-state index in [-0.39, 0.29) is 5.56 Å². The highest BCUT2D eigenvalue weighted by atomic mass is 79.9. The fraction of sp³-hybridized carbons (Fsp3) is 0.158. The molecule has 0 aliphatic heterocycles. The predicted octanol–water partition coefficient (Wildman–Crippen LogP) is 5.20. The molecule has 0 aliphatic rings. The van der Waals surface area contributed by atoms with E-state index in [1.165, 1.54) is 6.07 Å². The number of hydrogen-bond acceptors (Lipinski definition) is 2. The average Bonchev–Trinajstić information content (AvgIpc) is 2.56. The second kappa shape index (κ2) is 7.88. The van der Waals surface area contributed by atoms with Crippen LogP contribution in [0.1, 0.15) is 19.4 Å². The van der Waals surface area contributed by atoms with Crippen LogP contribution in [0.15, 0.2) is 63.9 Å². The van der Waals surface area contributed by atoms with Gasteiger partial charge in [0, 0.05) is 21.7 Å². The van der Waals surface area contributed by atoms with Crippen molar-refractivity contribution in [2.24, 2.45) is 0 Å². The highest BCUT2D eigenvalue weighted by molar-refractivity contribution is 9.10. The number of aromatic amines is 1. The van der Waals surface area contributed by atoms with Crippen LogP contribution in [-0.4, -0.2) is 9.97 Å². The lowest BCUT2D eigenvalue weighted by Crippen LogP contribution is -2.09. The summed E-state index contributed by atoms with van der Waals surface area (Å²) < 4.78 is 0.958. The molecule has 0 unspecified atom stereocenters. The lowest BCUT2D eigenvalue weighted by molar-refractivity contribution is 1.13. The van der Waals surface area contributed by atoms with Crippen LogP contribution in [-0.2, 0) is 0 Å². The Morgan fingerprint density at radius 2 is 1.74 bits per heavy atom. The van der Waals surface area contributed by atoms with Crippen molar-refractivity contribution >= 4 is 15.9 Å². The molecule has 0 atom stereocenters. The summed E-state index contributed by atoms with van der Waals surface area (Å²) in [7, 11) is 0. The van der Waals surface area contributed by atoms with Crippen molar-refractivity contribution in [1.82, 2.24) is 9.97 Å². The maximum Gasteiger partial charge on any atom is 0.251 e. The number of halogens is 1. The van der Waals surface area contributed by atoms with Gasteiger partial charge in [-0.2, -0.15) is 0 Å². The molecule has 4 heteroatoms. The van der Waals surface area contributed by atoms with Gasteiger partial charge in [0.25, 0.3) is 5.56 Å². The summed E-state index contributed by atoms with van der Waals surface area (Å²) in [6.07, 6.45) is 0. The quantitative estimate of drug-likeness (QED) is 0.673. The second-order valence-electron chi connectivity index (χ2n) is 4.80. The van der Waals surface area contributed by atoms with Crippen LogP contribution in [0.5, 0.6) is 0 Å². The number of rotatable bonds is 2. The number of aromatic nitrogens is 2. The summed E-state index contributed by atoms with van der Waals surface area (Å²) in [5.41, 5.74) is 3.43. The molecule has 1 heterocycles. The zero-order chi connectivity index (χ0) is 16.8. The Morgan fingerprint density at radius 1 is 1.00 bits per heavy atom. The number of aryl methyl sites for hydroxylation is 1. The van der Waals surface area contributed by atoms with E-state index in [1.807, 2.05) is 69.3 Å². The first-order chi connectivity index (χ1) is 11.1. The maximum absolute atomic E-state index is 11.9. The monoisotopic (exact) mass is 370 g/mol. The average molecular weight is 371 g/mol. The third kappa shape index (κ3) is 4.17. The molecule has 0 fully saturated rings. The van der Waals surface area contributed by atoms with Crippen LogP contribution in [0.25, 0.3) is 22.6 Å². The minimum Gasteiger partial charge on any atom is -0.306 e. The third-order valence-electron chi connectivity index (χ3n) is 3.26. The lowest BCUT2D eigenvalue weighted by Gasteiger charge is -2.07. The predicted molar refractivity (Wildman–Crippen MR) is 99.5 cm³/mol. The van der Waals surface area contributed by atoms with E-state index in [9.17, 15) is 4.79 Å². The summed E-state index contributed by atoms with van der Waals surface area (Å²) in [5.74, 6) is 0.593. The minimum absolute atomic E-state index is 0.154. The normalized spacial score (nSPS) is 9.91. The molecule has 3 nitrogen and oxygen atoms in total. The second-order valence-corrected chi connectivity index (χ2v) is 5.72. The summed E-state index contributed by atoms with van der Waals surface area (Å²) in [6, 6.07) is 17.1. The summed E-state index contributed by atoms with van der Waals surface area (Å²) in [4.78, 5) is 19.4. The zero-order valence-electron chi connectivity index (χ0n) is 13.4. The van der Waals surface area contributed by atoms with E-state index in [4.69, 9.17) is 0 Å². The fourth-order valence-corrected chi connectivity index (χ4v) is 2.62. The Morgan fingerprint density at radius 3 is 2.43 bits per heavy atom. The van der Waals surface area contributed by atoms with Crippen LogP contribution < -0.4 is 5.56 Å². The van der Waals surface area contributed by atoms with Gasteiger partial charge < -0.3 is 4.98 Å². The number of nitrogens with zero attached hydrogens (tertiary/aromatic N) is 1. The van der Waals surface area contributed by atoms with Gasteiger partial charge in [-0.05, 0) is 24.6 Å². The molecule has 0 spiro atoms. The van der Waals surface area contributed by atoms with Crippen molar-refractivity contribution in [3.05, 3.63) is 75.0 Å². The van der Waals surface area contributed by atoms with Gasteiger partial charge >= 0.3 is 0 Å². The molecule has 3 aromatic rings. The van der Waals surface area contributed by atoms with Crippen LogP contribution >= 0.6 is 15.9 Å². The van der Waals surface area contributed by atoms with Crippen molar-refractivity contribution in [3.63, 3.8) is 0 Å². The highest BCUT2D eigenvalue weighted by Crippen LogP contribution is 2.23. The van der Waals surface area contributed by atoms with Crippen molar-refractivity contribution in [3.8, 4) is 22.6 Å². The standard InChI is InChI=1S/C17H13BrN2O.C2H6/c1-11-5-2-3-8-14(11)17-19-15(10-16(21)20-17)12-6-4-7-13(18)9-12;1-2/h2-10H,1H3,(H,19,20,21);1-2H3. The molecule has 0 aliphatic carbocycles. The molecule has 23 heavy (non-hydrogen) atoms. The van der Waals surface area contributed by atoms with E-state index in [0.29, 0.717) is 11.5 Å². The molecule has 0 radical (unpaired) electrons. The fourth-order valence-electron chi connectivity index (χ4n) is 2.22. The summed E-state index contributed by atoms with van der Waals surface area (Å²) in [6.45, 7) is 6.00. The van der Waals surface area contributed by atoms with Crippen molar-refractivity contribution in [2.45, 2.75) is 20.8 Å². The van der Waals surface area contributed by atoms with E-state index < -0.39 is 0 Å². The van der Waals surface area contributed by atoms with Crippen LogP contribution in [0, 0.1) is 6.92 Å². The van der Waals surface area contributed by atoms with Gasteiger partial charge in [0.2, 0.25) is 0 Å². The smallest absolute Gasteiger partial charge is 0.251 e. The molecule has 1 aromatic heterocycles. The number of hydrogen-bond donors (Lipinski definition) is 1. The van der Waals surface area contributed by atoms with Gasteiger partial charge in [0.1, 0.15) is 5.82 Å². The Hall–Kier alpha value is -2.20. The van der Waals surface area contributed by atoms with E-state index in [0.717, 1.165) is 21.2 Å².